The quantitative estimate of drug-likeness (QED) is 0.514. The van der Waals surface area contributed by atoms with Crippen molar-refractivity contribution in [2.75, 3.05) is 0 Å². The Hall–Kier alpha value is -0.495. The number of halogens is 2. The Morgan fingerprint density at radius 1 is 1.44 bits per heavy atom. The Labute approximate surface area is 58.8 Å². The van der Waals surface area contributed by atoms with Gasteiger partial charge in [0.15, 0.2) is 0 Å². The standard InChI is InChI=1S/C6H5BClF/c8-7-5-2-1-3-6(9)4-5/h1-4,7H. The van der Waals surface area contributed by atoms with E-state index in [-0.39, 0.29) is 5.82 Å². The van der Waals surface area contributed by atoms with Gasteiger partial charge in [-0.3, -0.25) is 0 Å². The minimum Gasteiger partial charge on any atom is -0.207 e. The molecule has 0 unspecified atom stereocenters. The summed E-state index contributed by atoms with van der Waals surface area (Å²) in [6, 6.07) is 6.26. The van der Waals surface area contributed by atoms with Crippen molar-refractivity contribution in [3.63, 3.8) is 0 Å². The molecule has 0 radical (unpaired) electrons. The molecule has 0 atom stereocenters. The highest BCUT2D eigenvalue weighted by atomic mass is 35.5. The first-order valence-corrected chi connectivity index (χ1v) is 3.17. The number of rotatable bonds is 1. The zero-order valence-corrected chi connectivity index (χ0v) is 5.53. The lowest BCUT2D eigenvalue weighted by Crippen LogP contribution is -2.07. The Balaban J connectivity index is 2.94. The smallest absolute Gasteiger partial charge is 0.207 e. The van der Waals surface area contributed by atoms with Crippen LogP contribution >= 0.6 is 11.5 Å². The van der Waals surface area contributed by atoms with Gasteiger partial charge in [0.1, 0.15) is 5.82 Å². The van der Waals surface area contributed by atoms with Crippen LogP contribution in [0.25, 0.3) is 0 Å². The molecule has 0 spiro atoms. The van der Waals surface area contributed by atoms with Crippen LogP contribution in [0.2, 0.25) is 0 Å². The molecule has 0 aromatic heterocycles. The summed E-state index contributed by atoms with van der Waals surface area (Å²) in [5, 5.41) is 0. The maximum atomic E-state index is 12.3. The summed E-state index contributed by atoms with van der Waals surface area (Å²) in [5.41, 5.74) is 0.816. The summed E-state index contributed by atoms with van der Waals surface area (Å²) in [4.78, 5) is 0. The zero-order valence-electron chi connectivity index (χ0n) is 4.77. The first kappa shape index (κ1) is 6.62. The summed E-state index contributed by atoms with van der Waals surface area (Å²) >= 11 is 5.43. The van der Waals surface area contributed by atoms with Crippen LogP contribution in [0.1, 0.15) is 0 Å². The third-order valence-electron chi connectivity index (χ3n) is 1.04. The Bertz CT molecular complexity index is 202. The molecule has 0 aliphatic rings. The van der Waals surface area contributed by atoms with Crippen LogP contribution in [-0.4, -0.2) is 6.69 Å². The fourth-order valence-corrected chi connectivity index (χ4v) is 0.786. The van der Waals surface area contributed by atoms with Crippen molar-refractivity contribution in [3.05, 3.63) is 30.1 Å². The van der Waals surface area contributed by atoms with E-state index in [2.05, 4.69) is 0 Å². The van der Waals surface area contributed by atoms with Crippen LogP contribution in [0.15, 0.2) is 24.3 Å². The molecule has 9 heavy (non-hydrogen) atoms. The topological polar surface area (TPSA) is 0 Å². The summed E-state index contributed by atoms with van der Waals surface area (Å²) in [6.07, 6.45) is 0. The van der Waals surface area contributed by atoms with Crippen LogP contribution in [-0.2, 0) is 0 Å². The monoisotopic (exact) mass is 142 g/mol. The average Bonchev–Trinajstić information content (AvgIpc) is 1.88. The van der Waals surface area contributed by atoms with Gasteiger partial charge in [-0.2, -0.15) is 11.5 Å². The minimum atomic E-state index is -0.229. The van der Waals surface area contributed by atoms with Crippen molar-refractivity contribution < 1.29 is 4.39 Å². The molecule has 0 saturated heterocycles. The lowest BCUT2D eigenvalue weighted by molar-refractivity contribution is 0.629. The molecule has 3 heteroatoms. The van der Waals surface area contributed by atoms with Crippen LogP contribution in [0.4, 0.5) is 4.39 Å². The molecule has 0 N–H and O–H groups in total. The van der Waals surface area contributed by atoms with Gasteiger partial charge in [-0.05, 0) is 12.1 Å². The molecule has 0 bridgehead atoms. The lowest BCUT2D eigenvalue weighted by atomic mass is 9.95. The van der Waals surface area contributed by atoms with E-state index >= 15 is 0 Å². The van der Waals surface area contributed by atoms with E-state index in [0.717, 1.165) is 5.46 Å². The number of hydrogen-bond acceptors (Lipinski definition) is 0. The SMILES string of the molecule is Fc1cccc(BCl)c1. The van der Waals surface area contributed by atoms with Gasteiger partial charge in [-0.1, -0.05) is 17.6 Å². The highest BCUT2D eigenvalue weighted by molar-refractivity contribution is 7.01. The van der Waals surface area contributed by atoms with Gasteiger partial charge in [-0.15, -0.1) is 0 Å². The fraction of sp³-hybridized carbons (Fsp3) is 0. The Morgan fingerprint density at radius 2 is 2.22 bits per heavy atom. The number of benzene rings is 1. The third kappa shape index (κ3) is 1.72. The third-order valence-corrected chi connectivity index (χ3v) is 1.35. The molecule has 1 rings (SSSR count). The van der Waals surface area contributed by atoms with Crippen molar-refractivity contribution in [3.8, 4) is 0 Å². The van der Waals surface area contributed by atoms with E-state index in [4.69, 9.17) is 11.5 Å². The first-order valence-electron chi connectivity index (χ1n) is 2.63. The van der Waals surface area contributed by atoms with E-state index in [1.54, 1.807) is 12.1 Å². The normalized spacial score (nSPS) is 9.11. The molecule has 0 fully saturated rings. The Morgan fingerprint density at radius 3 is 2.67 bits per heavy atom. The second-order valence-corrected chi connectivity index (χ2v) is 2.03. The number of hydrogen-bond donors (Lipinski definition) is 0. The minimum absolute atomic E-state index is 0.229. The fourth-order valence-electron chi connectivity index (χ4n) is 0.620. The predicted octanol–water partition coefficient (Wildman–Crippen LogP) is 1.04. The van der Waals surface area contributed by atoms with E-state index in [9.17, 15) is 4.39 Å². The van der Waals surface area contributed by atoms with Gasteiger partial charge < -0.3 is 0 Å². The summed E-state index contributed by atoms with van der Waals surface area (Å²) in [7, 11) is 0. The van der Waals surface area contributed by atoms with Crippen LogP contribution in [0, 0.1) is 5.82 Å². The molecule has 0 aliphatic carbocycles. The van der Waals surface area contributed by atoms with Crippen molar-refractivity contribution in [2.45, 2.75) is 0 Å². The van der Waals surface area contributed by atoms with Crippen molar-refractivity contribution in [1.29, 1.82) is 0 Å². The summed E-state index contributed by atoms with van der Waals surface area (Å²) in [5.74, 6) is -0.229. The highest BCUT2D eigenvalue weighted by Gasteiger charge is 1.92. The predicted molar refractivity (Wildman–Crippen MR) is 39.0 cm³/mol. The molecule has 0 nitrogen and oxygen atoms in total. The molecule has 0 heterocycles. The zero-order chi connectivity index (χ0) is 6.69. The van der Waals surface area contributed by atoms with Gasteiger partial charge in [0.2, 0.25) is 0 Å². The van der Waals surface area contributed by atoms with E-state index in [0.29, 0.717) is 6.69 Å². The molecular formula is C6H5BClF. The van der Waals surface area contributed by atoms with E-state index in [1.165, 1.54) is 12.1 Å². The largest absolute Gasteiger partial charge is 0.265 e. The van der Waals surface area contributed by atoms with Crippen molar-refractivity contribution in [2.24, 2.45) is 0 Å². The van der Waals surface area contributed by atoms with Crippen LogP contribution in [0.3, 0.4) is 0 Å². The lowest BCUT2D eigenvalue weighted by Gasteiger charge is -1.90. The van der Waals surface area contributed by atoms with Gasteiger partial charge in [0, 0.05) is 0 Å². The van der Waals surface area contributed by atoms with Gasteiger partial charge in [0.25, 0.3) is 6.69 Å². The van der Waals surface area contributed by atoms with Crippen LogP contribution < -0.4 is 5.46 Å². The average molecular weight is 142 g/mol. The molecule has 0 aliphatic heterocycles. The maximum Gasteiger partial charge on any atom is 0.265 e. The molecule has 1 aromatic carbocycles. The Kier molecular flexibility index (Phi) is 2.12. The molecule has 0 amide bonds. The van der Waals surface area contributed by atoms with E-state index in [1.807, 2.05) is 0 Å². The molecule has 0 saturated carbocycles. The van der Waals surface area contributed by atoms with Crippen molar-refractivity contribution >= 4 is 23.6 Å². The second kappa shape index (κ2) is 2.88. The first-order chi connectivity index (χ1) is 4.33. The van der Waals surface area contributed by atoms with Gasteiger partial charge >= 0.3 is 0 Å². The van der Waals surface area contributed by atoms with Crippen LogP contribution in [0.5, 0.6) is 0 Å². The summed E-state index contributed by atoms with van der Waals surface area (Å²) < 4.78 is 12.3. The summed E-state index contributed by atoms with van der Waals surface area (Å²) in [6.45, 7) is 0.373. The molecular weight excluding hydrogens is 137 g/mol. The molecule has 46 valence electrons. The second-order valence-electron chi connectivity index (χ2n) is 1.76. The highest BCUT2D eigenvalue weighted by Crippen LogP contribution is 1.91. The van der Waals surface area contributed by atoms with Crippen molar-refractivity contribution in [1.82, 2.24) is 0 Å². The molecule has 1 aromatic rings. The van der Waals surface area contributed by atoms with Gasteiger partial charge in [-0.25, -0.2) is 4.39 Å². The van der Waals surface area contributed by atoms with Gasteiger partial charge in [0.05, 0.1) is 0 Å². The van der Waals surface area contributed by atoms with E-state index < -0.39 is 0 Å². The maximum absolute atomic E-state index is 12.3.